The van der Waals surface area contributed by atoms with E-state index >= 15 is 0 Å². The van der Waals surface area contributed by atoms with Crippen LogP contribution in [0.5, 0.6) is 5.75 Å². The third kappa shape index (κ3) is 4.65. The molecule has 164 valence electrons. The number of rotatable bonds is 7. The summed E-state index contributed by atoms with van der Waals surface area (Å²) in [6, 6.07) is 14.7. The van der Waals surface area contributed by atoms with E-state index in [1.165, 1.54) is 17.6 Å². The van der Waals surface area contributed by atoms with Gasteiger partial charge in [-0.05, 0) is 51.1 Å². The van der Waals surface area contributed by atoms with Gasteiger partial charge in [-0.25, -0.2) is 9.97 Å². The first kappa shape index (κ1) is 21.6. The molecule has 1 amide bonds. The largest absolute Gasteiger partial charge is 0.496 e. The Kier molecular flexibility index (Phi) is 6.23. The molecular formula is C24H24N4O3S. The van der Waals surface area contributed by atoms with Gasteiger partial charge in [0.2, 0.25) is 5.95 Å². The Morgan fingerprint density at radius 3 is 2.47 bits per heavy atom. The summed E-state index contributed by atoms with van der Waals surface area (Å²) in [5.74, 6) is 1.17. The van der Waals surface area contributed by atoms with E-state index < -0.39 is 0 Å². The van der Waals surface area contributed by atoms with Crippen LogP contribution in [0.15, 0.2) is 59.2 Å². The number of benzene rings is 1. The third-order valence-corrected chi connectivity index (χ3v) is 5.85. The van der Waals surface area contributed by atoms with Crippen molar-refractivity contribution in [2.24, 2.45) is 0 Å². The van der Waals surface area contributed by atoms with Crippen molar-refractivity contribution in [2.75, 3.05) is 17.7 Å². The molecule has 7 nitrogen and oxygen atoms in total. The number of nitrogens with zero attached hydrogens (tertiary/aromatic N) is 2. The topological polar surface area (TPSA) is 89.3 Å². The van der Waals surface area contributed by atoms with Crippen LogP contribution in [0, 0.1) is 20.8 Å². The lowest BCUT2D eigenvalue weighted by molar-refractivity contribution is 0.0997. The van der Waals surface area contributed by atoms with Crippen molar-refractivity contribution in [3.8, 4) is 5.75 Å². The lowest BCUT2D eigenvalue weighted by atomic mass is 9.99. The molecule has 0 unspecified atom stereocenters. The number of anilines is 2. The molecule has 0 bridgehead atoms. The molecule has 8 heteroatoms. The Labute approximate surface area is 190 Å². The second kappa shape index (κ2) is 9.23. The Bertz CT molecular complexity index is 1210. The summed E-state index contributed by atoms with van der Waals surface area (Å²) in [5.41, 5.74) is 3.53. The van der Waals surface area contributed by atoms with E-state index in [1.54, 1.807) is 19.2 Å². The van der Waals surface area contributed by atoms with Gasteiger partial charge < -0.3 is 19.8 Å². The van der Waals surface area contributed by atoms with E-state index in [0.717, 1.165) is 38.1 Å². The van der Waals surface area contributed by atoms with Crippen molar-refractivity contribution in [1.82, 2.24) is 9.97 Å². The van der Waals surface area contributed by atoms with E-state index in [4.69, 9.17) is 9.15 Å². The lowest BCUT2D eigenvalue weighted by Gasteiger charge is -2.22. The van der Waals surface area contributed by atoms with Gasteiger partial charge in [-0.3, -0.25) is 4.79 Å². The fourth-order valence-corrected chi connectivity index (χ4v) is 4.51. The van der Waals surface area contributed by atoms with Crippen LogP contribution in [-0.2, 0) is 0 Å². The van der Waals surface area contributed by atoms with Gasteiger partial charge in [0.25, 0.3) is 5.91 Å². The van der Waals surface area contributed by atoms with Crippen molar-refractivity contribution in [2.45, 2.75) is 26.8 Å². The fourth-order valence-electron chi connectivity index (χ4n) is 3.57. The number of ether oxygens (including phenoxy) is 1. The van der Waals surface area contributed by atoms with Gasteiger partial charge in [0.1, 0.15) is 10.8 Å². The maximum absolute atomic E-state index is 12.7. The Balaban J connectivity index is 1.79. The second-order valence-corrected chi connectivity index (χ2v) is 8.62. The Morgan fingerprint density at radius 2 is 1.78 bits per heavy atom. The van der Waals surface area contributed by atoms with Crippen LogP contribution >= 0.6 is 11.3 Å². The number of hydrogen-bond acceptors (Lipinski definition) is 7. The third-order valence-electron chi connectivity index (χ3n) is 4.87. The van der Waals surface area contributed by atoms with E-state index in [0.29, 0.717) is 5.95 Å². The number of carbonyl (C=O) groups excluding carboxylic acids is 1. The average Bonchev–Trinajstić information content (AvgIpc) is 3.41. The predicted octanol–water partition coefficient (Wildman–Crippen LogP) is 5.52. The first-order valence-corrected chi connectivity index (χ1v) is 10.9. The highest BCUT2D eigenvalue weighted by molar-refractivity contribution is 7.16. The van der Waals surface area contributed by atoms with Gasteiger partial charge in [0, 0.05) is 27.4 Å². The molecule has 0 aliphatic carbocycles. The number of aromatic nitrogens is 2. The van der Waals surface area contributed by atoms with Crippen molar-refractivity contribution >= 4 is 28.2 Å². The highest BCUT2D eigenvalue weighted by atomic mass is 32.1. The second-order valence-electron chi connectivity index (χ2n) is 7.37. The minimum Gasteiger partial charge on any atom is -0.496 e. The van der Waals surface area contributed by atoms with Gasteiger partial charge in [0.05, 0.1) is 19.4 Å². The smallest absolute Gasteiger partial charge is 0.291 e. The van der Waals surface area contributed by atoms with Crippen LogP contribution < -0.4 is 15.4 Å². The number of aryl methyl sites for hydroxylation is 3. The van der Waals surface area contributed by atoms with Crippen LogP contribution in [0.25, 0.3) is 0 Å². The molecule has 0 fully saturated rings. The van der Waals surface area contributed by atoms with Gasteiger partial charge >= 0.3 is 0 Å². The number of para-hydroxylation sites is 1. The lowest BCUT2D eigenvalue weighted by Crippen LogP contribution is -2.18. The van der Waals surface area contributed by atoms with Crippen LogP contribution in [-0.4, -0.2) is 23.0 Å². The quantitative estimate of drug-likeness (QED) is 0.387. The van der Waals surface area contributed by atoms with E-state index in [-0.39, 0.29) is 17.7 Å². The van der Waals surface area contributed by atoms with Gasteiger partial charge in [-0.15, -0.1) is 11.3 Å². The molecule has 1 atom stereocenters. The summed E-state index contributed by atoms with van der Waals surface area (Å²) in [7, 11) is 1.64. The summed E-state index contributed by atoms with van der Waals surface area (Å²) in [5, 5.41) is 7.17. The zero-order valence-electron chi connectivity index (χ0n) is 18.3. The van der Waals surface area contributed by atoms with E-state index in [2.05, 4.69) is 26.7 Å². The first-order chi connectivity index (χ1) is 15.4. The van der Waals surface area contributed by atoms with Crippen molar-refractivity contribution < 1.29 is 13.9 Å². The predicted molar refractivity (Wildman–Crippen MR) is 126 cm³/mol. The number of thiophene rings is 1. The van der Waals surface area contributed by atoms with Crippen LogP contribution in [0.4, 0.5) is 10.9 Å². The van der Waals surface area contributed by atoms with Crippen LogP contribution in [0.3, 0.4) is 0 Å². The fraction of sp³-hybridized carbons (Fsp3) is 0.208. The molecule has 0 saturated heterocycles. The van der Waals surface area contributed by atoms with Crippen LogP contribution in [0.2, 0.25) is 0 Å². The maximum atomic E-state index is 12.7. The molecular weight excluding hydrogens is 424 g/mol. The van der Waals surface area contributed by atoms with Gasteiger partial charge in [0.15, 0.2) is 5.76 Å². The number of carbonyl (C=O) groups is 1. The standard InChI is InChI=1S/C24H24N4O3S/c1-14-12-15(2)26-24(25-14)27-21(17-8-5-6-9-19(17)30-4)18-13-16(3)32-23(18)28-22(29)20-10-7-11-31-20/h5-13,21H,1-4H3,(H,28,29)(H,25,26,27)/t21-/m1/s1. The van der Waals surface area contributed by atoms with Gasteiger partial charge in [-0.2, -0.15) is 0 Å². The molecule has 0 aliphatic heterocycles. The normalized spacial score (nSPS) is 11.8. The summed E-state index contributed by atoms with van der Waals surface area (Å²) in [4.78, 5) is 22.9. The minimum atomic E-state index is -0.357. The van der Waals surface area contributed by atoms with E-state index in [1.807, 2.05) is 51.1 Å². The zero-order valence-corrected chi connectivity index (χ0v) is 19.1. The number of nitrogens with one attached hydrogen (secondary N) is 2. The molecule has 0 radical (unpaired) electrons. The summed E-state index contributed by atoms with van der Waals surface area (Å²) in [6.45, 7) is 5.87. The zero-order chi connectivity index (χ0) is 22.7. The van der Waals surface area contributed by atoms with Crippen molar-refractivity contribution in [1.29, 1.82) is 0 Å². The number of amides is 1. The molecule has 4 aromatic rings. The van der Waals surface area contributed by atoms with E-state index in [9.17, 15) is 4.79 Å². The molecule has 4 rings (SSSR count). The number of hydrogen-bond donors (Lipinski definition) is 2. The Morgan fingerprint density at radius 1 is 1.03 bits per heavy atom. The number of furan rings is 1. The average molecular weight is 449 g/mol. The highest BCUT2D eigenvalue weighted by Gasteiger charge is 2.25. The molecule has 0 aliphatic rings. The molecule has 3 aromatic heterocycles. The molecule has 32 heavy (non-hydrogen) atoms. The highest BCUT2D eigenvalue weighted by Crippen LogP contribution is 2.40. The van der Waals surface area contributed by atoms with Crippen molar-refractivity contribution in [3.63, 3.8) is 0 Å². The van der Waals surface area contributed by atoms with Crippen LogP contribution in [0.1, 0.15) is 44.0 Å². The molecule has 0 saturated carbocycles. The maximum Gasteiger partial charge on any atom is 0.291 e. The molecule has 1 aromatic carbocycles. The summed E-state index contributed by atoms with van der Waals surface area (Å²) < 4.78 is 10.9. The molecule has 2 N–H and O–H groups in total. The summed E-state index contributed by atoms with van der Waals surface area (Å²) in [6.07, 6.45) is 1.48. The molecule has 3 heterocycles. The van der Waals surface area contributed by atoms with Gasteiger partial charge in [-0.1, -0.05) is 18.2 Å². The van der Waals surface area contributed by atoms with Crippen molar-refractivity contribution in [3.05, 3.63) is 87.9 Å². The minimum absolute atomic E-state index is 0.251. The SMILES string of the molecule is COc1ccccc1[C@@H](Nc1nc(C)cc(C)n1)c1cc(C)sc1NC(=O)c1ccco1. The summed E-state index contributed by atoms with van der Waals surface area (Å²) >= 11 is 1.50. The molecule has 0 spiro atoms. The Hall–Kier alpha value is -3.65. The first-order valence-electron chi connectivity index (χ1n) is 10.1. The monoisotopic (exact) mass is 448 g/mol. The number of methoxy groups -OCH3 is 1.